The number of rotatable bonds is 12. The first kappa shape index (κ1) is 29.7. The van der Waals surface area contributed by atoms with Crippen LogP contribution >= 0.6 is 23.2 Å². The van der Waals surface area contributed by atoms with E-state index in [0.29, 0.717) is 40.1 Å². The largest absolute Gasteiger partial charge is 0.494 e. The number of halogens is 2. The summed E-state index contributed by atoms with van der Waals surface area (Å²) in [5.74, 6) is -0.280. The zero-order valence-electron chi connectivity index (χ0n) is 21.1. The minimum absolute atomic E-state index is 0.0423. The normalized spacial score (nSPS) is 12.2. The Morgan fingerprint density at radius 1 is 1.03 bits per heavy atom. The molecule has 0 saturated carbocycles. The van der Waals surface area contributed by atoms with E-state index >= 15 is 0 Å². The van der Waals surface area contributed by atoms with Crippen LogP contribution in [0.25, 0.3) is 0 Å². The summed E-state index contributed by atoms with van der Waals surface area (Å²) in [6.07, 6.45) is 1.36. The summed E-state index contributed by atoms with van der Waals surface area (Å²) in [5, 5.41) is 3.52. The summed E-state index contributed by atoms with van der Waals surface area (Å²) >= 11 is 12.2. The highest BCUT2D eigenvalue weighted by molar-refractivity contribution is 7.92. The maximum absolute atomic E-state index is 13.6. The Labute approximate surface area is 223 Å². The zero-order chi connectivity index (χ0) is 27.0. The van der Waals surface area contributed by atoms with Crippen molar-refractivity contribution < 1.29 is 22.7 Å². The third-order valence-corrected chi connectivity index (χ3v) is 7.15. The van der Waals surface area contributed by atoms with Gasteiger partial charge in [0.1, 0.15) is 18.3 Å². The van der Waals surface area contributed by atoms with Crippen LogP contribution in [0.4, 0.5) is 5.69 Å². The Morgan fingerprint density at radius 3 is 2.17 bits per heavy atom. The van der Waals surface area contributed by atoms with E-state index in [4.69, 9.17) is 27.9 Å². The van der Waals surface area contributed by atoms with E-state index in [1.54, 1.807) is 49.4 Å². The lowest BCUT2D eigenvalue weighted by atomic mass is 10.1. The number of carbonyl (C=O) groups is 2. The van der Waals surface area contributed by atoms with Crippen molar-refractivity contribution in [3.8, 4) is 5.75 Å². The molecule has 0 aromatic heterocycles. The lowest BCUT2D eigenvalue weighted by Crippen LogP contribution is -2.53. The maximum atomic E-state index is 13.6. The zero-order valence-corrected chi connectivity index (χ0v) is 23.5. The van der Waals surface area contributed by atoms with E-state index in [-0.39, 0.29) is 18.5 Å². The first-order valence-electron chi connectivity index (χ1n) is 11.6. The Balaban J connectivity index is 2.44. The van der Waals surface area contributed by atoms with Crippen LogP contribution in [-0.4, -0.2) is 56.6 Å². The van der Waals surface area contributed by atoms with Crippen molar-refractivity contribution in [3.63, 3.8) is 0 Å². The van der Waals surface area contributed by atoms with Gasteiger partial charge in [-0.25, -0.2) is 8.42 Å². The van der Waals surface area contributed by atoms with E-state index < -0.39 is 28.5 Å². The number of benzene rings is 2. The number of ether oxygens (including phenoxy) is 1. The molecule has 0 bridgehead atoms. The Hall–Kier alpha value is -2.49. The van der Waals surface area contributed by atoms with Gasteiger partial charge in [0.05, 0.1) is 28.6 Å². The van der Waals surface area contributed by atoms with Crippen LogP contribution in [0, 0.1) is 0 Å². The summed E-state index contributed by atoms with van der Waals surface area (Å²) in [6, 6.07) is 10.4. The average Bonchev–Trinajstić information content (AvgIpc) is 2.79. The van der Waals surface area contributed by atoms with Crippen LogP contribution in [0.15, 0.2) is 42.5 Å². The van der Waals surface area contributed by atoms with Crippen molar-refractivity contribution >= 4 is 50.7 Å². The first-order chi connectivity index (χ1) is 16.9. The molecule has 0 aliphatic heterocycles. The van der Waals surface area contributed by atoms with E-state index in [0.717, 1.165) is 10.6 Å². The number of anilines is 1. The minimum Gasteiger partial charge on any atom is -0.494 e. The van der Waals surface area contributed by atoms with Crippen molar-refractivity contribution in [2.24, 2.45) is 0 Å². The molecule has 11 heteroatoms. The molecule has 1 atom stereocenters. The molecule has 0 unspecified atom stereocenters. The van der Waals surface area contributed by atoms with Crippen LogP contribution in [0.3, 0.4) is 0 Å². The third-order valence-electron chi connectivity index (χ3n) is 5.27. The predicted octanol–water partition coefficient (Wildman–Crippen LogP) is 4.49. The lowest BCUT2D eigenvalue weighted by Gasteiger charge is -2.33. The summed E-state index contributed by atoms with van der Waals surface area (Å²) in [6.45, 7) is 7.31. The molecule has 0 spiro atoms. The second kappa shape index (κ2) is 13.2. The molecule has 198 valence electrons. The smallest absolute Gasteiger partial charge is 0.244 e. The van der Waals surface area contributed by atoms with Crippen LogP contribution in [0.2, 0.25) is 10.0 Å². The number of amides is 2. The monoisotopic (exact) mass is 557 g/mol. The van der Waals surface area contributed by atoms with Gasteiger partial charge in [-0.15, -0.1) is 0 Å². The topological polar surface area (TPSA) is 96.0 Å². The van der Waals surface area contributed by atoms with Gasteiger partial charge in [0.15, 0.2) is 0 Å². The van der Waals surface area contributed by atoms with E-state index in [2.05, 4.69) is 5.32 Å². The molecule has 2 aromatic carbocycles. The molecule has 0 aliphatic carbocycles. The first-order valence-corrected chi connectivity index (χ1v) is 14.2. The van der Waals surface area contributed by atoms with Gasteiger partial charge in [-0.05, 0) is 69.2 Å². The quantitative estimate of drug-likeness (QED) is 0.414. The van der Waals surface area contributed by atoms with Crippen LogP contribution in [0.5, 0.6) is 5.75 Å². The van der Waals surface area contributed by atoms with Crippen LogP contribution in [0.1, 0.15) is 39.7 Å². The Bertz CT molecular complexity index is 1160. The van der Waals surface area contributed by atoms with Gasteiger partial charge in [-0.2, -0.15) is 0 Å². The minimum atomic E-state index is -3.82. The number of nitrogens with one attached hydrogen (secondary N) is 1. The average molecular weight is 559 g/mol. The summed E-state index contributed by atoms with van der Waals surface area (Å²) < 4.78 is 31.8. The number of hydrogen-bond donors (Lipinski definition) is 1. The van der Waals surface area contributed by atoms with Crippen LogP contribution < -0.4 is 14.4 Å². The SMILES string of the molecule is CCOc1ccc(N(CC(=O)N(Cc2ccc(Cl)c(Cl)c2)[C@@H](CC)C(=O)NC(C)C)S(C)(=O)=O)cc1. The molecule has 2 rings (SSSR count). The highest BCUT2D eigenvalue weighted by Crippen LogP contribution is 2.25. The highest BCUT2D eigenvalue weighted by atomic mass is 35.5. The standard InChI is InChI=1S/C25H33Cl2N3O5S/c1-6-23(25(32)28-17(3)4)29(15-18-8-13-21(26)22(27)14-18)24(31)16-30(36(5,33)34)19-9-11-20(12-10-19)35-7-2/h8-14,17,23H,6-7,15-16H2,1-5H3,(H,28,32)/t23-/m0/s1. The molecule has 0 aliphatic rings. The fourth-order valence-electron chi connectivity index (χ4n) is 3.62. The van der Waals surface area contributed by atoms with Gasteiger partial charge in [-0.1, -0.05) is 36.2 Å². The molecule has 2 aromatic rings. The summed E-state index contributed by atoms with van der Waals surface area (Å²) in [7, 11) is -3.82. The molecule has 8 nitrogen and oxygen atoms in total. The maximum Gasteiger partial charge on any atom is 0.244 e. The van der Waals surface area contributed by atoms with Gasteiger partial charge in [0.25, 0.3) is 0 Å². The van der Waals surface area contributed by atoms with Crippen molar-refractivity contribution in [2.45, 2.75) is 52.7 Å². The van der Waals surface area contributed by atoms with Crippen molar-refractivity contribution in [1.29, 1.82) is 0 Å². The fourth-order valence-corrected chi connectivity index (χ4v) is 4.79. The van der Waals surface area contributed by atoms with Gasteiger partial charge < -0.3 is 15.0 Å². The predicted molar refractivity (Wildman–Crippen MR) is 144 cm³/mol. The molecule has 1 N–H and O–H groups in total. The lowest BCUT2D eigenvalue weighted by molar-refractivity contribution is -0.140. The second-order valence-corrected chi connectivity index (χ2v) is 11.3. The summed E-state index contributed by atoms with van der Waals surface area (Å²) in [5.41, 5.74) is 0.962. The molecular weight excluding hydrogens is 525 g/mol. The van der Waals surface area contributed by atoms with Crippen molar-refractivity contribution in [3.05, 3.63) is 58.1 Å². The number of sulfonamides is 1. The van der Waals surface area contributed by atoms with Gasteiger partial charge >= 0.3 is 0 Å². The highest BCUT2D eigenvalue weighted by Gasteiger charge is 2.32. The second-order valence-electron chi connectivity index (χ2n) is 8.55. The Morgan fingerprint density at radius 2 is 1.67 bits per heavy atom. The van der Waals surface area contributed by atoms with Crippen molar-refractivity contribution in [2.75, 3.05) is 23.7 Å². The molecule has 0 fully saturated rings. The number of carbonyl (C=O) groups excluding carboxylic acids is 2. The molecule has 36 heavy (non-hydrogen) atoms. The van der Waals surface area contributed by atoms with E-state index in [1.165, 1.54) is 4.90 Å². The molecule has 0 saturated heterocycles. The molecular formula is C25H33Cl2N3O5S. The number of nitrogens with zero attached hydrogens (tertiary/aromatic N) is 2. The number of hydrogen-bond acceptors (Lipinski definition) is 5. The molecule has 0 heterocycles. The molecule has 0 radical (unpaired) electrons. The van der Waals surface area contributed by atoms with E-state index in [1.807, 2.05) is 20.8 Å². The van der Waals surface area contributed by atoms with Gasteiger partial charge in [0.2, 0.25) is 21.8 Å². The summed E-state index contributed by atoms with van der Waals surface area (Å²) in [4.78, 5) is 28.0. The van der Waals surface area contributed by atoms with Gasteiger partial charge in [0, 0.05) is 12.6 Å². The third kappa shape index (κ3) is 8.28. The Kier molecular flexibility index (Phi) is 10.9. The van der Waals surface area contributed by atoms with Crippen molar-refractivity contribution in [1.82, 2.24) is 10.2 Å². The molecule has 2 amide bonds. The van der Waals surface area contributed by atoms with E-state index in [9.17, 15) is 18.0 Å². The fraction of sp³-hybridized carbons (Fsp3) is 0.440. The van der Waals surface area contributed by atoms with Crippen LogP contribution in [-0.2, 0) is 26.2 Å². The van der Waals surface area contributed by atoms with Gasteiger partial charge in [-0.3, -0.25) is 13.9 Å².